The van der Waals surface area contributed by atoms with E-state index >= 15 is 0 Å². The fourth-order valence-electron chi connectivity index (χ4n) is 1.98. The molecular weight excluding hydrogens is 264 g/mol. The summed E-state index contributed by atoms with van der Waals surface area (Å²) in [5.41, 5.74) is 0.908. The summed E-state index contributed by atoms with van der Waals surface area (Å²) >= 11 is 0. The maximum Gasteiger partial charge on any atom is 0.229 e. The van der Waals surface area contributed by atoms with Gasteiger partial charge in [-0.1, -0.05) is 24.8 Å². The lowest BCUT2D eigenvalue weighted by Gasteiger charge is -2.39. The lowest BCUT2D eigenvalue weighted by atomic mass is 9.99. The van der Waals surface area contributed by atoms with Gasteiger partial charge in [0.2, 0.25) is 6.29 Å². The maximum atomic E-state index is 9.83. The van der Waals surface area contributed by atoms with Crippen molar-refractivity contribution in [3.8, 4) is 5.75 Å². The minimum Gasteiger partial charge on any atom is -0.462 e. The molecule has 1 saturated heterocycles. The van der Waals surface area contributed by atoms with E-state index in [0.29, 0.717) is 5.75 Å². The second-order valence-corrected chi connectivity index (χ2v) is 4.59. The minimum atomic E-state index is -1.45. The highest BCUT2D eigenvalue weighted by Gasteiger charge is 2.44. The van der Waals surface area contributed by atoms with Crippen LogP contribution in [0, 0.1) is 0 Å². The largest absolute Gasteiger partial charge is 0.462 e. The summed E-state index contributed by atoms with van der Waals surface area (Å²) in [6, 6.07) is 6.87. The van der Waals surface area contributed by atoms with Gasteiger partial charge in [0, 0.05) is 0 Å². The van der Waals surface area contributed by atoms with Crippen LogP contribution in [-0.4, -0.2) is 57.7 Å². The van der Waals surface area contributed by atoms with E-state index in [0.717, 1.165) is 5.56 Å². The van der Waals surface area contributed by atoms with Gasteiger partial charge in [0.25, 0.3) is 0 Å². The Kier molecular flexibility index (Phi) is 4.74. The second kappa shape index (κ2) is 6.34. The van der Waals surface area contributed by atoms with Gasteiger partial charge in [0.05, 0.1) is 6.61 Å². The van der Waals surface area contributed by atoms with Gasteiger partial charge in [-0.15, -0.1) is 0 Å². The Morgan fingerprint density at radius 2 is 1.75 bits per heavy atom. The number of rotatable bonds is 4. The van der Waals surface area contributed by atoms with Crippen LogP contribution in [-0.2, 0) is 4.74 Å². The molecule has 0 amide bonds. The molecule has 1 fully saturated rings. The van der Waals surface area contributed by atoms with Gasteiger partial charge in [-0.05, 0) is 17.7 Å². The molecule has 0 bridgehead atoms. The van der Waals surface area contributed by atoms with E-state index in [1.807, 2.05) is 0 Å². The predicted molar refractivity (Wildman–Crippen MR) is 70.9 cm³/mol. The van der Waals surface area contributed by atoms with Gasteiger partial charge in [0.1, 0.15) is 30.2 Å². The summed E-state index contributed by atoms with van der Waals surface area (Å²) in [6.45, 7) is 3.15. The Balaban J connectivity index is 2.08. The van der Waals surface area contributed by atoms with Crippen molar-refractivity contribution >= 4 is 6.08 Å². The molecule has 110 valence electrons. The summed E-state index contributed by atoms with van der Waals surface area (Å²) in [5, 5.41) is 38.2. The third-order valence-corrected chi connectivity index (χ3v) is 3.22. The van der Waals surface area contributed by atoms with Crippen LogP contribution in [0.1, 0.15) is 5.56 Å². The van der Waals surface area contributed by atoms with Crippen molar-refractivity contribution in [2.45, 2.75) is 30.7 Å². The highest BCUT2D eigenvalue weighted by molar-refractivity contribution is 5.48. The highest BCUT2D eigenvalue weighted by Crippen LogP contribution is 2.24. The average Bonchev–Trinajstić information content (AvgIpc) is 2.48. The van der Waals surface area contributed by atoms with E-state index in [4.69, 9.17) is 14.6 Å². The summed E-state index contributed by atoms with van der Waals surface area (Å²) < 4.78 is 10.7. The van der Waals surface area contributed by atoms with Crippen LogP contribution in [0.15, 0.2) is 30.8 Å². The third-order valence-electron chi connectivity index (χ3n) is 3.22. The molecule has 20 heavy (non-hydrogen) atoms. The zero-order valence-corrected chi connectivity index (χ0v) is 10.8. The number of hydrogen-bond donors (Lipinski definition) is 4. The Morgan fingerprint density at radius 1 is 1.10 bits per heavy atom. The van der Waals surface area contributed by atoms with Crippen molar-refractivity contribution in [2.24, 2.45) is 0 Å². The molecule has 1 aliphatic heterocycles. The first kappa shape index (κ1) is 15.0. The van der Waals surface area contributed by atoms with Crippen LogP contribution < -0.4 is 4.74 Å². The standard InChI is InChI=1S/C14H18O6/c1-2-8-3-5-9(6-4-8)19-14-13(18)12(17)11(16)10(7-15)20-14/h2-6,10-18H,1,7H2/t10-,11+,12+,13-,14+/m1/s1. The maximum absolute atomic E-state index is 9.83. The van der Waals surface area contributed by atoms with Crippen molar-refractivity contribution in [2.75, 3.05) is 6.61 Å². The SMILES string of the molecule is C=Cc1ccc(O[C@H]2O[C@H](CO)[C@H](O)[C@H](O)[C@H]2O)cc1. The molecule has 2 rings (SSSR count). The van der Waals surface area contributed by atoms with Crippen LogP contribution in [0.3, 0.4) is 0 Å². The van der Waals surface area contributed by atoms with Gasteiger partial charge in [-0.3, -0.25) is 0 Å². The molecule has 0 radical (unpaired) electrons. The number of hydrogen-bond acceptors (Lipinski definition) is 6. The van der Waals surface area contributed by atoms with Crippen LogP contribution in [0.2, 0.25) is 0 Å². The Hall–Kier alpha value is -1.44. The lowest BCUT2D eigenvalue weighted by molar-refractivity contribution is -0.277. The van der Waals surface area contributed by atoms with Crippen molar-refractivity contribution in [3.05, 3.63) is 36.4 Å². The first-order chi connectivity index (χ1) is 9.56. The summed E-state index contributed by atoms with van der Waals surface area (Å²) in [4.78, 5) is 0. The van der Waals surface area contributed by atoms with Gasteiger partial charge in [0.15, 0.2) is 0 Å². The van der Waals surface area contributed by atoms with E-state index in [1.165, 1.54) is 0 Å². The molecule has 0 aromatic heterocycles. The zero-order valence-electron chi connectivity index (χ0n) is 10.8. The molecule has 0 spiro atoms. The van der Waals surface area contributed by atoms with Crippen LogP contribution >= 0.6 is 0 Å². The topological polar surface area (TPSA) is 99.4 Å². The quantitative estimate of drug-likeness (QED) is 0.594. The number of aliphatic hydroxyl groups excluding tert-OH is 4. The van der Waals surface area contributed by atoms with E-state index in [-0.39, 0.29) is 0 Å². The van der Waals surface area contributed by atoms with Crippen molar-refractivity contribution < 1.29 is 29.9 Å². The molecule has 1 aromatic carbocycles. The number of benzene rings is 1. The molecule has 0 saturated carbocycles. The van der Waals surface area contributed by atoms with Crippen molar-refractivity contribution in [1.29, 1.82) is 0 Å². The minimum absolute atomic E-state index is 0.430. The molecule has 1 aliphatic rings. The predicted octanol–water partition coefficient (Wildman–Crippen LogP) is -0.492. The first-order valence-corrected chi connectivity index (χ1v) is 6.26. The summed E-state index contributed by atoms with van der Waals surface area (Å²) in [7, 11) is 0. The molecular formula is C14H18O6. The first-order valence-electron chi connectivity index (χ1n) is 6.26. The normalized spacial score (nSPS) is 33.7. The van der Waals surface area contributed by atoms with Gasteiger partial charge in [-0.2, -0.15) is 0 Å². The molecule has 1 heterocycles. The van der Waals surface area contributed by atoms with E-state index in [1.54, 1.807) is 30.3 Å². The summed E-state index contributed by atoms with van der Waals surface area (Å²) in [5.74, 6) is 0.430. The van der Waals surface area contributed by atoms with E-state index in [9.17, 15) is 15.3 Å². The zero-order chi connectivity index (χ0) is 14.7. The third kappa shape index (κ3) is 3.00. The number of aliphatic hydroxyl groups is 4. The smallest absolute Gasteiger partial charge is 0.229 e. The molecule has 4 N–H and O–H groups in total. The molecule has 5 atom stereocenters. The second-order valence-electron chi connectivity index (χ2n) is 4.59. The van der Waals surface area contributed by atoms with Gasteiger partial charge >= 0.3 is 0 Å². The van der Waals surface area contributed by atoms with E-state index in [2.05, 4.69) is 6.58 Å². The fourth-order valence-corrected chi connectivity index (χ4v) is 1.98. The lowest BCUT2D eigenvalue weighted by Crippen LogP contribution is -2.60. The Labute approximate surface area is 116 Å². The highest BCUT2D eigenvalue weighted by atomic mass is 16.7. The molecule has 6 nitrogen and oxygen atoms in total. The van der Waals surface area contributed by atoms with Crippen LogP contribution in [0.25, 0.3) is 6.08 Å². The number of ether oxygens (including phenoxy) is 2. The van der Waals surface area contributed by atoms with Gasteiger partial charge < -0.3 is 29.9 Å². The summed E-state index contributed by atoms with van der Waals surface area (Å²) in [6.07, 6.45) is -4.72. The average molecular weight is 282 g/mol. The molecule has 0 aliphatic carbocycles. The van der Waals surface area contributed by atoms with Crippen molar-refractivity contribution in [3.63, 3.8) is 0 Å². The molecule has 1 aromatic rings. The van der Waals surface area contributed by atoms with Gasteiger partial charge in [-0.25, -0.2) is 0 Å². The van der Waals surface area contributed by atoms with Crippen LogP contribution in [0.4, 0.5) is 0 Å². The van der Waals surface area contributed by atoms with E-state index < -0.39 is 37.3 Å². The Morgan fingerprint density at radius 3 is 2.30 bits per heavy atom. The molecule has 0 unspecified atom stereocenters. The molecule has 6 heteroatoms. The monoisotopic (exact) mass is 282 g/mol. The Bertz CT molecular complexity index is 443. The van der Waals surface area contributed by atoms with Crippen molar-refractivity contribution in [1.82, 2.24) is 0 Å². The van der Waals surface area contributed by atoms with Crippen LogP contribution in [0.5, 0.6) is 5.75 Å². The fraction of sp³-hybridized carbons (Fsp3) is 0.429.